The molecule has 0 bridgehead atoms. The summed E-state index contributed by atoms with van der Waals surface area (Å²) in [4.78, 5) is 10.9. The number of carbonyl (C=O) groups is 1. The van der Waals surface area contributed by atoms with Crippen molar-refractivity contribution in [2.45, 2.75) is 19.8 Å². The molecule has 0 N–H and O–H groups in total. The maximum absolute atomic E-state index is 10.9. The summed E-state index contributed by atoms with van der Waals surface area (Å²) in [5.74, 6) is 0.785. The lowest BCUT2D eigenvalue weighted by Gasteiger charge is -2.12. The highest BCUT2D eigenvalue weighted by Crippen LogP contribution is 2.22. The van der Waals surface area contributed by atoms with Crippen LogP contribution in [-0.2, 0) is 4.79 Å². The summed E-state index contributed by atoms with van der Waals surface area (Å²) in [6, 6.07) is 0. The Labute approximate surface area is 63.3 Å². The Morgan fingerprint density at radius 2 is 2.44 bits per heavy atom. The van der Waals surface area contributed by atoms with E-state index in [1.54, 1.807) is 0 Å². The van der Waals surface area contributed by atoms with E-state index in [1.807, 2.05) is 6.08 Å². The minimum absolute atomic E-state index is 0.244. The Morgan fingerprint density at radius 3 is 2.89 bits per heavy atom. The van der Waals surface area contributed by atoms with Gasteiger partial charge in [-0.15, -0.1) is 0 Å². The van der Waals surface area contributed by atoms with Gasteiger partial charge in [-0.05, 0) is 28.3 Å². The lowest BCUT2D eigenvalue weighted by molar-refractivity contribution is -0.115. The lowest BCUT2D eigenvalue weighted by atomic mass is 9.96. The molecule has 0 aromatic carbocycles. The van der Waals surface area contributed by atoms with Gasteiger partial charge in [-0.3, -0.25) is 4.79 Å². The van der Waals surface area contributed by atoms with Gasteiger partial charge < -0.3 is 0 Å². The Bertz CT molecular complexity index is 160. The Hall–Kier alpha value is -0.110. The third kappa shape index (κ3) is 1.65. The minimum atomic E-state index is 0.244. The molecule has 1 rings (SSSR count). The number of allylic oxidation sites excluding steroid dienone is 2. The first-order chi connectivity index (χ1) is 4.20. The smallest absolute Gasteiger partial charge is 0.169 e. The molecule has 0 aromatic rings. The van der Waals surface area contributed by atoms with Gasteiger partial charge in [-0.25, -0.2) is 0 Å². The molecule has 0 unspecified atom stereocenters. The van der Waals surface area contributed by atoms with Gasteiger partial charge in [0.05, 0.1) is 4.48 Å². The van der Waals surface area contributed by atoms with E-state index in [1.165, 1.54) is 0 Å². The second-order valence-corrected chi connectivity index (χ2v) is 3.37. The molecular formula is C7H9BrO. The second kappa shape index (κ2) is 2.65. The SMILES string of the molecule is C[C@@H]1CC=C(Br)C(=O)C1. The zero-order valence-electron chi connectivity index (χ0n) is 5.36. The number of rotatable bonds is 0. The van der Waals surface area contributed by atoms with Gasteiger partial charge in [-0.2, -0.15) is 0 Å². The molecule has 0 saturated heterocycles. The van der Waals surface area contributed by atoms with Crippen LogP contribution in [0.3, 0.4) is 0 Å². The van der Waals surface area contributed by atoms with Gasteiger partial charge in [0.15, 0.2) is 5.78 Å². The number of carbonyl (C=O) groups excluding carboxylic acids is 1. The van der Waals surface area contributed by atoms with Gasteiger partial charge in [0.2, 0.25) is 0 Å². The van der Waals surface area contributed by atoms with E-state index in [0.29, 0.717) is 12.3 Å². The van der Waals surface area contributed by atoms with Gasteiger partial charge in [-0.1, -0.05) is 13.0 Å². The summed E-state index contributed by atoms with van der Waals surface area (Å²) in [5.41, 5.74) is 0. The summed E-state index contributed by atoms with van der Waals surface area (Å²) < 4.78 is 0.764. The van der Waals surface area contributed by atoms with Crippen molar-refractivity contribution < 1.29 is 4.79 Å². The van der Waals surface area contributed by atoms with E-state index < -0.39 is 0 Å². The average molecular weight is 189 g/mol. The fourth-order valence-corrected chi connectivity index (χ4v) is 1.26. The molecule has 9 heavy (non-hydrogen) atoms. The Kier molecular flexibility index (Phi) is 2.06. The van der Waals surface area contributed by atoms with Crippen LogP contribution in [0.15, 0.2) is 10.6 Å². The highest BCUT2D eigenvalue weighted by Gasteiger charge is 2.15. The van der Waals surface area contributed by atoms with Crippen molar-refractivity contribution in [3.8, 4) is 0 Å². The van der Waals surface area contributed by atoms with Crippen LogP contribution >= 0.6 is 15.9 Å². The topological polar surface area (TPSA) is 17.1 Å². The molecule has 0 fully saturated rings. The number of hydrogen-bond donors (Lipinski definition) is 0. The van der Waals surface area contributed by atoms with Gasteiger partial charge in [0.25, 0.3) is 0 Å². The standard InChI is InChI=1S/C7H9BrO/c1-5-2-3-6(8)7(9)4-5/h3,5H,2,4H2,1H3/t5-/m1/s1. The van der Waals surface area contributed by atoms with E-state index in [2.05, 4.69) is 22.9 Å². The van der Waals surface area contributed by atoms with E-state index in [0.717, 1.165) is 10.9 Å². The normalized spacial score (nSPS) is 28.0. The van der Waals surface area contributed by atoms with Crippen LogP contribution in [0, 0.1) is 5.92 Å². The first-order valence-electron chi connectivity index (χ1n) is 3.09. The Balaban J connectivity index is 2.68. The van der Waals surface area contributed by atoms with Crippen LogP contribution in [0.1, 0.15) is 19.8 Å². The van der Waals surface area contributed by atoms with Crippen molar-refractivity contribution >= 4 is 21.7 Å². The summed E-state index contributed by atoms with van der Waals surface area (Å²) in [6.45, 7) is 2.09. The first-order valence-corrected chi connectivity index (χ1v) is 3.88. The molecule has 1 atom stereocenters. The molecule has 0 spiro atoms. The molecule has 0 heterocycles. The molecule has 1 aliphatic carbocycles. The monoisotopic (exact) mass is 188 g/mol. The largest absolute Gasteiger partial charge is 0.294 e. The number of Topliss-reactive ketones (excluding diaryl/α,β-unsaturated/α-hetero) is 1. The van der Waals surface area contributed by atoms with Crippen LogP contribution in [0.5, 0.6) is 0 Å². The number of ketones is 1. The average Bonchev–Trinajstić information content (AvgIpc) is 1.80. The Morgan fingerprint density at radius 1 is 1.78 bits per heavy atom. The molecule has 0 aromatic heterocycles. The van der Waals surface area contributed by atoms with E-state index >= 15 is 0 Å². The van der Waals surface area contributed by atoms with Crippen LogP contribution in [0.2, 0.25) is 0 Å². The number of halogens is 1. The highest BCUT2D eigenvalue weighted by molar-refractivity contribution is 9.12. The van der Waals surface area contributed by atoms with Crippen molar-refractivity contribution in [3.63, 3.8) is 0 Å². The number of hydrogen-bond acceptors (Lipinski definition) is 1. The van der Waals surface area contributed by atoms with Crippen LogP contribution in [0.25, 0.3) is 0 Å². The summed E-state index contributed by atoms with van der Waals surface area (Å²) in [5, 5.41) is 0. The van der Waals surface area contributed by atoms with E-state index in [9.17, 15) is 4.79 Å². The molecule has 0 amide bonds. The minimum Gasteiger partial charge on any atom is -0.294 e. The molecule has 1 nitrogen and oxygen atoms in total. The molecule has 0 radical (unpaired) electrons. The maximum atomic E-state index is 10.9. The van der Waals surface area contributed by atoms with Crippen molar-refractivity contribution in [1.82, 2.24) is 0 Å². The predicted octanol–water partition coefficient (Wildman–Crippen LogP) is 2.26. The van der Waals surface area contributed by atoms with Gasteiger partial charge in [0.1, 0.15) is 0 Å². The molecular weight excluding hydrogens is 180 g/mol. The quantitative estimate of drug-likeness (QED) is 0.571. The fraction of sp³-hybridized carbons (Fsp3) is 0.571. The van der Waals surface area contributed by atoms with Crippen LogP contribution in [0.4, 0.5) is 0 Å². The predicted molar refractivity (Wildman–Crippen MR) is 40.4 cm³/mol. The van der Waals surface area contributed by atoms with Crippen molar-refractivity contribution in [2.75, 3.05) is 0 Å². The third-order valence-electron chi connectivity index (χ3n) is 1.50. The zero-order valence-corrected chi connectivity index (χ0v) is 6.94. The molecule has 0 saturated carbocycles. The van der Waals surface area contributed by atoms with E-state index in [-0.39, 0.29) is 5.78 Å². The van der Waals surface area contributed by atoms with Crippen LogP contribution < -0.4 is 0 Å². The summed E-state index contributed by atoms with van der Waals surface area (Å²) in [7, 11) is 0. The lowest BCUT2D eigenvalue weighted by Crippen LogP contribution is -2.09. The second-order valence-electron chi connectivity index (χ2n) is 2.52. The molecule has 0 aliphatic heterocycles. The van der Waals surface area contributed by atoms with Crippen LogP contribution in [-0.4, -0.2) is 5.78 Å². The zero-order chi connectivity index (χ0) is 6.85. The fourth-order valence-electron chi connectivity index (χ4n) is 0.916. The molecule has 1 aliphatic rings. The van der Waals surface area contributed by atoms with Gasteiger partial charge in [0, 0.05) is 6.42 Å². The summed E-state index contributed by atoms with van der Waals surface area (Å²) >= 11 is 3.19. The third-order valence-corrected chi connectivity index (χ3v) is 2.27. The van der Waals surface area contributed by atoms with Crippen molar-refractivity contribution in [1.29, 1.82) is 0 Å². The summed E-state index contributed by atoms with van der Waals surface area (Å²) in [6.07, 6.45) is 3.69. The van der Waals surface area contributed by atoms with Gasteiger partial charge >= 0.3 is 0 Å². The highest BCUT2D eigenvalue weighted by atomic mass is 79.9. The molecule has 2 heteroatoms. The van der Waals surface area contributed by atoms with E-state index in [4.69, 9.17) is 0 Å². The first kappa shape index (κ1) is 7.00. The molecule has 50 valence electrons. The van der Waals surface area contributed by atoms with Crippen molar-refractivity contribution in [3.05, 3.63) is 10.6 Å². The van der Waals surface area contributed by atoms with Crippen molar-refractivity contribution in [2.24, 2.45) is 5.92 Å². The maximum Gasteiger partial charge on any atom is 0.169 e.